The van der Waals surface area contributed by atoms with Crippen molar-refractivity contribution in [3.05, 3.63) is 63.1 Å². The molecule has 3 amide bonds. The lowest BCUT2D eigenvalue weighted by atomic mass is 10.0. The summed E-state index contributed by atoms with van der Waals surface area (Å²) in [5, 5.41) is 0.393. The van der Waals surface area contributed by atoms with Crippen molar-refractivity contribution in [2.24, 2.45) is 0 Å². The Labute approximate surface area is 166 Å². The van der Waals surface area contributed by atoms with Crippen LogP contribution in [0, 0.1) is 0 Å². The highest BCUT2D eigenvalue weighted by atomic mass is 35.5. The Bertz CT molecular complexity index is 948. The zero-order valence-corrected chi connectivity index (χ0v) is 16.0. The molecule has 7 heteroatoms. The third kappa shape index (κ3) is 2.82. The number of carbonyl (C=O) groups is 3. The summed E-state index contributed by atoms with van der Waals surface area (Å²) >= 11 is 12.0. The minimum absolute atomic E-state index is 0.174. The van der Waals surface area contributed by atoms with Gasteiger partial charge in [-0.2, -0.15) is 0 Å². The lowest BCUT2D eigenvalue weighted by molar-refractivity contribution is -0.122. The van der Waals surface area contributed by atoms with E-state index in [-0.39, 0.29) is 27.1 Å². The van der Waals surface area contributed by atoms with Crippen LogP contribution in [-0.2, 0) is 11.2 Å². The molecular weight excluding hydrogens is 387 g/mol. The van der Waals surface area contributed by atoms with Crippen molar-refractivity contribution in [1.29, 1.82) is 0 Å². The molecular formula is C20H16Cl2N2O3. The Morgan fingerprint density at radius 3 is 2.26 bits per heavy atom. The maximum absolute atomic E-state index is 13.2. The normalized spacial score (nSPS) is 17.0. The molecule has 2 aliphatic heterocycles. The second kappa shape index (κ2) is 6.66. The molecule has 2 aliphatic rings. The fourth-order valence-corrected chi connectivity index (χ4v) is 4.03. The lowest BCUT2D eigenvalue weighted by Crippen LogP contribution is -2.50. The molecule has 0 fully saturated rings. The molecule has 0 bridgehead atoms. The van der Waals surface area contributed by atoms with Gasteiger partial charge in [-0.05, 0) is 43.5 Å². The molecule has 27 heavy (non-hydrogen) atoms. The molecule has 1 atom stereocenters. The summed E-state index contributed by atoms with van der Waals surface area (Å²) in [5.74, 6) is -1.34. The van der Waals surface area contributed by atoms with Gasteiger partial charge < -0.3 is 4.90 Å². The Kier molecular flexibility index (Phi) is 4.44. The molecule has 138 valence electrons. The van der Waals surface area contributed by atoms with Crippen LogP contribution in [-0.4, -0.2) is 35.2 Å². The first-order valence-electron chi connectivity index (χ1n) is 8.66. The fraction of sp³-hybridized carbons (Fsp3) is 0.250. The lowest BCUT2D eigenvalue weighted by Gasteiger charge is -2.33. The highest BCUT2D eigenvalue weighted by Gasteiger charge is 2.43. The number of carbonyl (C=O) groups excluding carboxylic acids is 3. The number of rotatable bonds is 2. The molecule has 0 saturated carbocycles. The Balaban J connectivity index is 1.66. The minimum atomic E-state index is -0.930. The van der Waals surface area contributed by atoms with Gasteiger partial charge in [0, 0.05) is 12.2 Å². The van der Waals surface area contributed by atoms with Crippen molar-refractivity contribution in [3.8, 4) is 0 Å². The van der Waals surface area contributed by atoms with Crippen LogP contribution < -0.4 is 4.90 Å². The van der Waals surface area contributed by atoms with Crippen molar-refractivity contribution in [2.75, 3.05) is 11.4 Å². The number of para-hydroxylation sites is 1. The molecule has 1 unspecified atom stereocenters. The van der Waals surface area contributed by atoms with Gasteiger partial charge >= 0.3 is 0 Å². The summed E-state index contributed by atoms with van der Waals surface area (Å²) in [6, 6.07) is 9.53. The van der Waals surface area contributed by atoms with Crippen LogP contribution in [0.15, 0.2) is 36.4 Å². The minimum Gasteiger partial charge on any atom is -0.310 e. The van der Waals surface area contributed by atoms with Crippen LogP contribution in [0.2, 0.25) is 10.0 Å². The fourth-order valence-electron chi connectivity index (χ4n) is 3.70. The standard InChI is InChI=1S/C20H16Cl2N2O3/c1-11(18(25)23-8-4-6-12-5-2-3-7-17(12)23)24-19(26)13-9-15(21)16(22)10-14(13)20(24)27/h2-3,5,7,9-11H,4,6,8H2,1H3. The summed E-state index contributed by atoms with van der Waals surface area (Å²) in [4.78, 5) is 41.4. The van der Waals surface area contributed by atoms with Crippen LogP contribution in [0.1, 0.15) is 39.6 Å². The molecule has 0 saturated heterocycles. The van der Waals surface area contributed by atoms with Crippen molar-refractivity contribution in [2.45, 2.75) is 25.8 Å². The van der Waals surface area contributed by atoms with Gasteiger partial charge in [0.1, 0.15) is 6.04 Å². The monoisotopic (exact) mass is 402 g/mol. The number of anilines is 1. The zero-order chi connectivity index (χ0) is 19.3. The van der Waals surface area contributed by atoms with Crippen LogP contribution in [0.3, 0.4) is 0 Å². The van der Waals surface area contributed by atoms with Crippen molar-refractivity contribution in [3.63, 3.8) is 0 Å². The van der Waals surface area contributed by atoms with Gasteiger partial charge in [0.2, 0.25) is 5.91 Å². The predicted molar refractivity (Wildman–Crippen MR) is 104 cm³/mol. The SMILES string of the molecule is CC(C(=O)N1CCCc2ccccc21)N1C(=O)c2cc(Cl)c(Cl)cc2C1=O. The predicted octanol–water partition coefficient (Wildman–Crippen LogP) is 3.96. The van der Waals surface area contributed by atoms with Gasteiger partial charge in [-0.3, -0.25) is 19.3 Å². The second-order valence-electron chi connectivity index (χ2n) is 6.69. The zero-order valence-electron chi connectivity index (χ0n) is 14.5. The van der Waals surface area contributed by atoms with E-state index in [1.807, 2.05) is 24.3 Å². The molecule has 2 heterocycles. The number of hydrogen-bond donors (Lipinski definition) is 0. The van der Waals surface area contributed by atoms with E-state index in [0.717, 1.165) is 29.0 Å². The summed E-state index contributed by atoms with van der Waals surface area (Å²) in [7, 11) is 0. The van der Waals surface area contributed by atoms with Gasteiger partial charge in [0.05, 0.1) is 21.2 Å². The average molecular weight is 403 g/mol. The first-order chi connectivity index (χ1) is 12.9. The first-order valence-corrected chi connectivity index (χ1v) is 9.42. The second-order valence-corrected chi connectivity index (χ2v) is 7.50. The van der Waals surface area contributed by atoms with E-state index in [1.54, 1.807) is 11.8 Å². The first kappa shape index (κ1) is 18.0. The summed E-state index contributed by atoms with van der Waals surface area (Å²) in [6.45, 7) is 2.13. The Morgan fingerprint density at radius 2 is 1.63 bits per heavy atom. The smallest absolute Gasteiger partial charge is 0.262 e. The quantitative estimate of drug-likeness (QED) is 0.714. The summed E-state index contributed by atoms with van der Waals surface area (Å²) in [6.07, 6.45) is 1.74. The van der Waals surface area contributed by atoms with Gasteiger partial charge in [-0.15, -0.1) is 0 Å². The maximum atomic E-state index is 13.2. The highest BCUT2D eigenvalue weighted by Crippen LogP contribution is 2.33. The van der Waals surface area contributed by atoms with Crippen molar-refractivity contribution in [1.82, 2.24) is 4.90 Å². The molecule has 0 aromatic heterocycles. The molecule has 5 nitrogen and oxygen atoms in total. The van der Waals surface area contributed by atoms with Gasteiger partial charge in [-0.25, -0.2) is 0 Å². The molecule has 0 aliphatic carbocycles. The number of benzene rings is 2. The molecule has 4 rings (SSSR count). The van der Waals surface area contributed by atoms with Crippen molar-refractivity contribution < 1.29 is 14.4 Å². The van der Waals surface area contributed by atoms with Gasteiger partial charge in [-0.1, -0.05) is 41.4 Å². The third-order valence-electron chi connectivity index (χ3n) is 5.08. The topological polar surface area (TPSA) is 57.7 Å². The number of nitrogens with zero attached hydrogens (tertiary/aromatic N) is 2. The number of fused-ring (bicyclic) bond motifs is 2. The van der Waals surface area contributed by atoms with E-state index in [2.05, 4.69) is 0 Å². The summed E-state index contributed by atoms with van der Waals surface area (Å²) < 4.78 is 0. The van der Waals surface area contributed by atoms with E-state index in [4.69, 9.17) is 23.2 Å². The number of amides is 3. The molecule has 0 N–H and O–H groups in total. The number of halogens is 2. The Morgan fingerprint density at radius 1 is 1.04 bits per heavy atom. The van der Waals surface area contributed by atoms with E-state index in [1.165, 1.54) is 12.1 Å². The Hall–Kier alpha value is -2.37. The molecule has 2 aromatic carbocycles. The number of aryl methyl sites for hydroxylation is 1. The van der Waals surface area contributed by atoms with Gasteiger partial charge in [0.25, 0.3) is 11.8 Å². The van der Waals surface area contributed by atoms with E-state index in [0.29, 0.717) is 6.54 Å². The maximum Gasteiger partial charge on any atom is 0.262 e. The van der Waals surface area contributed by atoms with Gasteiger partial charge in [0.15, 0.2) is 0 Å². The van der Waals surface area contributed by atoms with E-state index >= 15 is 0 Å². The largest absolute Gasteiger partial charge is 0.310 e. The number of hydrogen-bond acceptors (Lipinski definition) is 3. The number of imide groups is 1. The molecule has 0 spiro atoms. The van der Waals surface area contributed by atoms with Crippen LogP contribution in [0.5, 0.6) is 0 Å². The van der Waals surface area contributed by atoms with Crippen molar-refractivity contribution >= 4 is 46.6 Å². The molecule has 0 radical (unpaired) electrons. The summed E-state index contributed by atoms with van der Waals surface area (Å²) in [5.41, 5.74) is 2.27. The van der Waals surface area contributed by atoms with Crippen LogP contribution >= 0.6 is 23.2 Å². The highest BCUT2D eigenvalue weighted by molar-refractivity contribution is 6.43. The van der Waals surface area contributed by atoms with E-state index < -0.39 is 17.9 Å². The molecule has 2 aromatic rings. The average Bonchev–Trinajstić information content (AvgIpc) is 2.90. The van der Waals surface area contributed by atoms with Crippen LogP contribution in [0.25, 0.3) is 0 Å². The van der Waals surface area contributed by atoms with Crippen LogP contribution in [0.4, 0.5) is 5.69 Å². The third-order valence-corrected chi connectivity index (χ3v) is 5.80. The van der Waals surface area contributed by atoms with E-state index in [9.17, 15) is 14.4 Å².